The van der Waals surface area contributed by atoms with Gasteiger partial charge in [0.25, 0.3) is 0 Å². The topological polar surface area (TPSA) is 86.5 Å². The van der Waals surface area contributed by atoms with E-state index in [2.05, 4.69) is 31.7 Å². The average Bonchev–Trinajstić information content (AvgIpc) is 2.60. The van der Waals surface area contributed by atoms with Gasteiger partial charge in [-0.05, 0) is 36.8 Å². The van der Waals surface area contributed by atoms with Crippen LogP contribution in [0.15, 0.2) is 54.9 Å². The molecule has 0 unspecified atom stereocenters. The number of aryl methyl sites for hydroxylation is 1. The molecular weight excluding hydrogens is 300 g/mol. The Bertz CT molecular complexity index is 870. The lowest BCUT2D eigenvalue weighted by Crippen LogP contribution is -2.05. The first-order valence-electron chi connectivity index (χ1n) is 7.48. The minimum absolute atomic E-state index is 0.598. The number of nitrogens with one attached hydrogen (secondary N) is 2. The van der Waals surface area contributed by atoms with Gasteiger partial charge in [-0.25, -0.2) is 9.97 Å². The van der Waals surface area contributed by atoms with Gasteiger partial charge in [-0.1, -0.05) is 12.1 Å². The number of pyridine rings is 1. The summed E-state index contributed by atoms with van der Waals surface area (Å²) in [6.45, 7) is 2.47. The number of hydrogen-bond donors (Lipinski definition) is 2. The van der Waals surface area contributed by atoms with E-state index < -0.39 is 0 Å². The van der Waals surface area contributed by atoms with Crippen LogP contribution >= 0.6 is 0 Å². The molecule has 0 saturated heterocycles. The highest BCUT2D eigenvalue weighted by Crippen LogP contribution is 2.18. The van der Waals surface area contributed by atoms with Crippen molar-refractivity contribution in [2.75, 3.05) is 10.6 Å². The largest absolute Gasteiger partial charge is 0.366 e. The highest BCUT2D eigenvalue weighted by Gasteiger charge is 2.03. The van der Waals surface area contributed by atoms with Gasteiger partial charge in [0.15, 0.2) is 0 Å². The Morgan fingerprint density at radius 3 is 2.75 bits per heavy atom. The molecule has 0 amide bonds. The maximum Gasteiger partial charge on any atom is 0.136 e. The summed E-state index contributed by atoms with van der Waals surface area (Å²) >= 11 is 0. The van der Waals surface area contributed by atoms with E-state index in [1.165, 1.54) is 0 Å². The van der Waals surface area contributed by atoms with Gasteiger partial charge in [0.2, 0.25) is 0 Å². The minimum atomic E-state index is 0.598. The molecule has 0 aliphatic carbocycles. The summed E-state index contributed by atoms with van der Waals surface area (Å²) in [5, 5.41) is 15.4. The lowest BCUT2D eigenvalue weighted by molar-refractivity contribution is 1.02. The fraction of sp³-hybridized carbons (Fsp3) is 0.111. The van der Waals surface area contributed by atoms with Gasteiger partial charge in [-0.15, -0.1) is 0 Å². The van der Waals surface area contributed by atoms with Crippen molar-refractivity contribution in [1.29, 1.82) is 5.26 Å². The number of benzene rings is 1. The van der Waals surface area contributed by atoms with Gasteiger partial charge < -0.3 is 10.6 Å². The number of hydrogen-bond acceptors (Lipinski definition) is 6. The molecule has 0 radical (unpaired) electrons. The number of nitrogens with zero attached hydrogens (tertiary/aromatic N) is 4. The van der Waals surface area contributed by atoms with E-state index in [0.717, 1.165) is 17.1 Å². The molecule has 0 atom stereocenters. The Hall–Kier alpha value is -3.46. The lowest BCUT2D eigenvalue weighted by Gasteiger charge is -2.10. The molecule has 2 aromatic heterocycles. The molecule has 0 bridgehead atoms. The van der Waals surface area contributed by atoms with Crippen LogP contribution in [0.25, 0.3) is 0 Å². The Kier molecular flexibility index (Phi) is 4.63. The van der Waals surface area contributed by atoms with Gasteiger partial charge in [0.1, 0.15) is 17.5 Å². The molecule has 1 aromatic carbocycles. The smallest absolute Gasteiger partial charge is 0.136 e. The second-order valence-electron chi connectivity index (χ2n) is 5.22. The number of aromatic nitrogens is 3. The van der Waals surface area contributed by atoms with E-state index >= 15 is 0 Å². The molecule has 2 heterocycles. The zero-order valence-corrected chi connectivity index (χ0v) is 13.2. The first kappa shape index (κ1) is 15.4. The predicted octanol–water partition coefficient (Wildman–Crippen LogP) is 3.41. The van der Waals surface area contributed by atoms with Gasteiger partial charge in [0.05, 0.1) is 11.6 Å². The predicted molar refractivity (Wildman–Crippen MR) is 92.8 cm³/mol. The van der Waals surface area contributed by atoms with Crippen molar-refractivity contribution in [2.45, 2.75) is 13.5 Å². The molecule has 6 heteroatoms. The van der Waals surface area contributed by atoms with Crippen molar-refractivity contribution in [1.82, 2.24) is 15.0 Å². The van der Waals surface area contributed by atoms with E-state index in [4.69, 9.17) is 5.26 Å². The van der Waals surface area contributed by atoms with Crippen LogP contribution in [0.4, 0.5) is 17.3 Å². The fourth-order valence-electron chi connectivity index (χ4n) is 2.23. The Balaban J connectivity index is 1.75. The van der Waals surface area contributed by atoms with Crippen LogP contribution < -0.4 is 10.6 Å². The number of nitriles is 1. The van der Waals surface area contributed by atoms with Crippen molar-refractivity contribution >= 4 is 17.3 Å². The Morgan fingerprint density at radius 1 is 1.08 bits per heavy atom. The van der Waals surface area contributed by atoms with Crippen LogP contribution in [-0.4, -0.2) is 15.0 Å². The second kappa shape index (κ2) is 7.20. The van der Waals surface area contributed by atoms with Gasteiger partial charge in [0, 0.05) is 30.7 Å². The summed E-state index contributed by atoms with van der Waals surface area (Å²) in [4.78, 5) is 12.9. The van der Waals surface area contributed by atoms with Crippen LogP contribution in [0.2, 0.25) is 0 Å². The minimum Gasteiger partial charge on any atom is -0.366 e. The van der Waals surface area contributed by atoms with Gasteiger partial charge in [-0.3, -0.25) is 4.98 Å². The van der Waals surface area contributed by atoms with Crippen LogP contribution in [0, 0.1) is 18.3 Å². The second-order valence-corrected chi connectivity index (χ2v) is 5.22. The molecule has 24 heavy (non-hydrogen) atoms. The molecule has 118 valence electrons. The number of anilines is 3. The van der Waals surface area contributed by atoms with Crippen molar-refractivity contribution in [2.24, 2.45) is 0 Å². The van der Waals surface area contributed by atoms with Crippen LogP contribution in [0.3, 0.4) is 0 Å². The number of rotatable bonds is 5. The fourth-order valence-corrected chi connectivity index (χ4v) is 2.23. The molecule has 3 aromatic rings. The average molecular weight is 316 g/mol. The molecule has 0 saturated carbocycles. The maximum atomic E-state index is 8.98. The molecule has 6 nitrogen and oxygen atoms in total. The first-order valence-corrected chi connectivity index (χ1v) is 7.48. The highest BCUT2D eigenvalue weighted by atomic mass is 15.1. The van der Waals surface area contributed by atoms with E-state index in [0.29, 0.717) is 23.8 Å². The maximum absolute atomic E-state index is 8.98. The molecule has 2 N–H and O–H groups in total. The van der Waals surface area contributed by atoms with E-state index in [9.17, 15) is 0 Å². The van der Waals surface area contributed by atoms with Gasteiger partial charge >= 0.3 is 0 Å². The zero-order chi connectivity index (χ0) is 16.8. The molecule has 3 rings (SSSR count). The van der Waals surface area contributed by atoms with E-state index in [-0.39, 0.29) is 0 Å². The standard InChI is InChI=1S/C18H16N6/c1-13-22-17(21-12-15-5-3-7-20-11-15)9-18(23-13)24-16-6-2-4-14(8-16)10-19/h2-9,11H,12H2,1H3,(H2,21,22,23,24). The monoisotopic (exact) mass is 316 g/mol. The van der Waals surface area contributed by atoms with Crippen molar-refractivity contribution in [3.8, 4) is 6.07 Å². The van der Waals surface area contributed by atoms with Crippen molar-refractivity contribution in [3.63, 3.8) is 0 Å². The molecular formula is C18H16N6. The van der Waals surface area contributed by atoms with Crippen LogP contribution in [0.1, 0.15) is 17.0 Å². The summed E-state index contributed by atoms with van der Waals surface area (Å²) in [6, 6.07) is 15.1. The third-order valence-corrected chi connectivity index (χ3v) is 3.30. The van der Waals surface area contributed by atoms with Crippen molar-refractivity contribution in [3.05, 3.63) is 71.8 Å². The first-order chi connectivity index (χ1) is 11.7. The summed E-state index contributed by atoms with van der Waals surface area (Å²) in [6.07, 6.45) is 3.56. The zero-order valence-electron chi connectivity index (χ0n) is 13.2. The summed E-state index contributed by atoms with van der Waals surface area (Å²) in [5.74, 6) is 2.06. The van der Waals surface area contributed by atoms with Gasteiger partial charge in [-0.2, -0.15) is 5.26 Å². The van der Waals surface area contributed by atoms with E-state index in [1.807, 2.05) is 43.5 Å². The Morgan fingerprint density at radius 2 is 1.96 bits per heavy atom. The molecule has 0 fully saturated rings. The SMILES string of the molecule is Cc1nc(NCc2cccnc2)cc(Nc2cccc(C#N)c2)n1. The molecule has 0 aliphatic rings. The van der Waals surface area contributed by atoms with Crippen molar-refractivity contribution < 1.29 is 0 Å². The summed E-state index contributed by atoms with van der Waals surface area (Å²) in [7, 11) is 0. The normalized spacial score (nSPS) is 10.0. The third kappa shape index (κ3) is 4.05. The lowest BCUT2D eigenvalue weighted by atomic mass is 10.2. The van der Waals surface area contributed by atoms with Crippen LogP contribution in [0.5, 0.6) is 0 Å². The third-order valence-electron chi connectivity index (χ3n) is 3.30. The Labute approximate surface area is 140 Å². The molecule has 0 spiro atoms. The summed E-state index contributed by atoms with van der Waals surface area (Å²) < 4.78 is 0. The highest BCUT2D eigenvalue weighted by molar-refractivity contribution is 5.61. The van der Waals surface area contributed by atoms with E-state index in [1.54, 1.807) is 18.3 Å². The quantitative estimate of drug-likeness (QED) is 0.750. The summed E-state index contributed by atoms with van der Waals surface area (Å²) in [5.41, 5.74) is 2.48. The molecule has 0 aliphatic heterocycles. The van der Waals surface area contributed by atoms with Crippen LogP contribution in [-0.2, 0) is 6.54 Å².